The molecule has 2 aromatic rings. The molecule has 0 aliphatic carbocycles. The summed E-state index contributed by atoms with van der Waals surface area (Å²) in [5.74, 6) is 0.656. The maximum absolute atomic E-state index is 4.47. The van der Waals surface area contributed by atoms with Gasteiger partial charge < -0.3 is 10.2 Å². The van der Waals surface area contributed by atoms with Gasteiger partial charge >= 0.3 is 0 Å². The van der Waals surface area contributed by atoms with Crippen molar-refractivity contribution in [1.82, 2.24) is 10.3 Å². The lowest BCUT2D eigenvalue weighted by molar-refractivity contribution is 0.420. The third-order valence-electron chi connectivity index (χ3n) is 4.20. The topological polar surface area (TPSA) is 28.2 Å². The molecule has 2 heterocycles. The Balaban J connectivity index is 1.96. The summed E-state index contributed by atoms with van der Waals surface area (Å²) >= 11 is 0. The Morgan fingerprint density at radius 3 is 3.00 bits per heavy atom. The Bertz CT molecular complexity index is 574. The largest absolute Gasteiger partial charge is 0.369 e. The van der Waals surface area contributed by atoms with Crippen LogP contribution in [0, 0.1) is 5.92 Å². The minimum absolute atomic E-state index is 0.560. The third kappa shape index (κ3) is 2.63. The minimum Gasteiger partial charge on any atom is -0.369 e. The van der Waals surface area contributed by atoms with Crippen molar-refractivity contribution >= 4 is 16.6 Å². The molecule has 0 spiro atoms. The highest BCUT2D eigenvalue weighted by molar-refractivity contribution is 5.91. The van der Waals surface area contributed by atoms with E-state index in [4.69, 9.17) is 0 Å². The summed E-state index contributed by atoms with van der Waals surface area (Å²) in [5.41, 5.74) is 2.41. The van der Waals surface area contributed by atoms with Gasteiger partial charge in [0.25, 0.3) is 0 Å². The molecule has 3 rings (SSSR count). The van der Waals surface area contributed by atoms with Crippen LogP contribution in [0.15, 0.2) is 36.5 Å². The number of benzene rings is 1. The van der Waals surface area contributed by atoms with E-state index < -0.39 is 0 Å². The van der Waals surface area contributed by atoms with Crippen LogP contribution in [-0.4, -0.2) is 30.7 Å². The number of hydrogen-bond acceptors (Lipinski definition) is 3. The standard InChI is InChI=1S/C17H23N3/c1-13(2)16-12-20(11-5-10-19-16)17-8-3-7-15-14(17)6-4-9-18-15/h3-4,6-9,13,16,19H,5,10-12H2,1-2H3. The summed E-state index contributed by atoms with van der Waals surface area (Å²) in [7, 11) is 0. The van der Waals surface area contributed by atoms with E-state index in [1.807, 2.05) is 12.3 Å². The van der Waals surface area contributed by atoms with Crippen molar-refractivity contribution in [2.45, 2.75) is 26.3 Å². The molecular formula is C17H23N3. The van der Waals surface area contributed by atoms with Crippen LogP contribution in [0.5, 0.6) is 0 Å². The summed E-state index contributed by atoms with van der Waals surface area (Å²) in [5, 5.41) is 4.93. The summed E-state index contributed by atoms with van der Waals surface area (Å²) in [4.78, 5) is 6.99. The molecule has 1 unspecified atom stereocenters. The fourth-order valence-corrected chi connectivity index (χ4v) is 2.98. The molecule has 1 aliphatic rings. The van der Waals surface area contributed by atoms with Crippen LogP contribution in [0.3, 0.4) is 0 Å². The lowest BCUT2D eigenvalue weighted by Crippen LogP contribution is -2.41. The van der Waals surface area contributed by atoms with E-state index in [1.54, 1.807) is 0 Å². The van der Waals surface area contributed by atoms with Gasteiger partial charge in [0.05, 0.1) is 5.52 Å². The van der Waals surface area contributed by atoms with Gasteiger partial charge in [-0.05, 0) is 43.1 Å². The van der Waals surface area contributed by atoms with Crippen molar-refractivity contribution in [2.75, 3.05) is 24.5 Å². The Kier molecular flexibility index (Phi) is 3.88. The predicted molar refractivity (Wildman–Crippen MR) is 85.2 cm³/mol. The van der Waals surface area contributed by atoms with E-state index in [0.29, 0.717) is 12.0 Å². The highest BCUT2D eigenvalue weighted by Gasteiger charge is 2.21. The van der Waals surface area contributed by atoms with Gasteiger partial charge in [-0.25, -0.2) is 0 Å². The van der Waals surface area contributed by atoms with Crippen molar-refractivity contribution in [1.29, 1.82) is 0 Å². The lowest BCUT2D eigenvalue weighted by atomic mass is 10.0. The van der Waals surface area contributed by atoms with Gasteiger partial charge in [-0.3, -0.25) is 4.98 Å². The van der Waals surface area contributed by atoms with Crippen molar-refractivity contribution in [2.24, 2.45) is 5.92 Å². The highest BCUT2D eigenvalue weighted by Crippen LogP contribution is 2.27. The summed E-state index contributed by atoms with van der Waals surface area (Å²) < 4.78 is 0. The molecule has 0 bridgehead atoms. The lowest BCUT2D eigenvalue weighted by Gasteiger charge is -2.29. The normalized spacial score (nSPS) is 20.4. The first-order valence-corrected chi connectivity index (χ1v) is 7.58. The van der Waals surface area contributed by atoms with Crippen LogP contribution in [0.1, 0.15) is 20.3 Å². The molecule has 1 saturated heterocycles. The van der Waals surface area contributed by atoms with E-state index >= 15 is 0 Å². The molecule has 3 heteroatoms. The number of nitrogens with zero attached hydrogens (tertiary/aromatic N) is 2. The molecule has 0 amide bonds. The van der Waals surface area contributed by atoms with Gasteiger partial charge in [0.15, 0.2) is 0 Å². The van der Waals surface area contributed by atoms with Crippen LogP contribution in [0.25, 0.3) is 10.9 Å². The van der Waals surface area contributed by atoms with E-state index in [2.05, 4.69) is 53.3 Å². The Morgan fingerprint density at radius 1 is 1.25 bits per heavy atom. The molecule has 1 N–H and O–H groups in total. The van der Waals surface area contributed by atoms with Crippen LogP contribution in [-0.2, 0) is 0 Å². The molecule has 20 heavy (non-hydrogen) atoms. The van der Waals surface area contributed by atoms with Gasteiger partial charge in [0.1, 0.15) is 0 Å². The second-order valence-corrected chi connectivity index (χ2v) is 5.95. The van der Waals surface area contributed by atoms with Crippen molar-refractivity contribution < 1.29 is 0 Å². The van der Waals surface area contributed by atoms with Gasteiger partial charge in [-0.2, -0.15) is 0 Å². The maximum Gasteiger partial charge on any atom is 0.0722 e. The van der Waals surface area contributed by atoms with E-state index in [-0.39, 0.29) is 0 Å². The van der Waals surface area contributed by atoms with Gasteiger partial charge in [0.2, 0.25) is 0 Å². The van der Waals surface area contributed by atoms with Crippen LogP contribution < -0.4 is 10.2 Å². The quantitative estimate of drug-likeness (QED) is 0.908. The SMILES string of the molecule is CC(C)C1CN(c2cccc3ncccc23)CCCN1. The smallest absolute Gasteiger partial charge is 0.0722 e. The molecule has 3 nitrogen and oxygen atoms in total. The molecule has 106 valence electrons. The average molecular weight is 269 g/mol. The van der Waals surface area contributed by atoms with Crippen LogP contribution in [0.4, 0.5) is 5.69 Å². The number of nitrogens with one attached hydrogen (secondary N) is 1. The van der Waals surface area contributed by atoms with Crippen molar-refractivity contribution in [3.8, 4) is 0 Å². The van der Waals surface area contributed by atoms with E-state index in [0.717, 1.165) is 25.2 Å². The zero-order chi connectivity index (χ0) is 13.9. The zero-order valence-corrected chi connectivity index (χ0v) is 12.3. The van der Waals surface area contributed by atoms with E-state index in [9.17, 15) is 0 Å². The third-order valence-corrected chi connectivity index (χ3v) is 4.20. The number of pyridine rings is 1. The van der Waals surface area contributed by atoms with Gasteiger partial charge in [-0.15, -0.1) is 0 Å². The highest BCUT2D eigenvalue weighted by atomic mass is 15.2. The van der Waals surface area contributed by atoms with Crippen LogP contribution >= 0.6 is 0 Å². The monoisotopic (exact) mass is 269 g/mol. The molecule has 1 fully saturated rings. The predicted octanol–water partition coefficient (Wildman–Crippen LogP) is 3.06. The first-order chi connectivity index (χ1) is 9.75. The number of aromatic nitrogens is 1. The first-order valence-electron chi connectivity index (χ1n) is 7.58. The summed E-state index contributed by atoms with van der Waals surface area (Å²) in [6.45, 7) is 7.90. The van der Waals surface area contributed by atoms with Gasteiger partial charge in [-0.1, -0.05) is 19.9 Å². The Labute approximate surface area is 121 Å². The molecule has 1 aliphatic heterocycles. The Morgan fingerprint density at radius 2 is 2.15 bits per heavy atom. The maximum atomic E-state index is 4.47. The number of fused-ring (bicyclic) bond motifs is 1. The average Bonchev–Trinajstić information content (AvgIpc) is 2.72. The Hall–Kier alpha value is -1.61. The number of hydrogen-bond donors (Lipinski definition) is 1. The number of rotatable bonds is 2. The molecule has 0 saturated carbocycles. The zero-order valence-electron chi connectivity index (χ0n) is 12.3. The summed E-state index contributed by atoms with van der Waals surface area (Å²) in [6.07, 6.45) is 3.06. The molecule has 1 aromatic heterocycles. The molecule has 0 radical (unpaired) electrons. The fourth-order valence-electron chi connectivity index (χ4n) is 2.98. The second-order valence-electron chi connectivity index (χ2n) is 5.95. The molecule has 1 aromatic carbocycles. The molecular weight excluding hydrogens is 246 g/mol. The summed E-state index contributed by atoms with van der Waals surface area (Å²) in [6, 6.07) is 11.2. The minimum atomic E-state index is 0.560. The van der Waals surface area contributed by atoms with E-state index in [1.165, 1.54) is 17.5 Å². The fraction of sp³-hybridized carbons (Fsp3) is 0.471. The van der Waals surface area contributed by atoms with Crippen LogP contribution in [0.2, 0.25) is 0 Å². The second kappa shape index (κ2) is 5.80. The van der Waals surface area contributed by atoms with Crippen molar-refractivity contribution in [3.05, 3.63) is 36.5 Å². The first kappa shape index (κ1) is 13.4. The number of anilines is 1. The molecule has 1 atom stereocenters. The van der Waals surface area contributed by atoms with Crippen molar-refractivity contribution in [3.63, 3.8) is 0 Å². The van der Waals surface area contributed by atoms with Gasteiger partial charge in [0, 0.05) is 36.4 Å².